The van der Waals surface area contributed by atoms with Gasteiger partial charge < -0.3 is 15.2 Å². The van der Waals surface area contributed by atoms with Crippen molar-refractivity contribution in [2.75, 3.05) is 0 Å². The summed E-state index contributed by atoms with van der Waals surface area (Å²) in [5.74, 6) is -3.16. The molecule has 0 aliphatic carbocycles. The molecule has 0 aliphatic rings. The van der Waals surface area contributed by atoms with Gasteiger partial charge in [0.25, 0.3) is 5.56 Å². The molecule has 0 bridgehead atoms. The van der Waals surface area contributed by atoms with Gasteiger partial charge in [-0.25, -0.2) is 14.6 Å². The molecule has 9 heteroatoms. The Morgan fingerprint density at radius 3 is 2.39 bits per heavy atom. The van der Waals surface area contributed by atoms with Gasteiger partial charge in [0.1, 0.15) is 0 Å². The summed E-state index contributed by atoms with van der Waals surface area (Å²) in [6.45, 7) is 1.62. The maximum absolute atomic E-state index is 11.5. The van der Waals surface area contributed by atoms with Gasteiger partial charge in [-0.1, -0.05) is 0 Å². The van der Waals surface area contributed by atoms with Crippen LogP contribution in [-0.2, 0) is 0 Å². The number of H-pyrrole nitrogens is 2. The van der Waals surface area contributed by atoms with Gasteiger partial charge in [0.15, 0.2) is 11.4 Å². The molecule has 2 aromatic heterocycles. The second-order valence-electron chi connectivity index (χ2n) is 3.51. The molecule has 0 amide bonds. The van der Waals surface area contributed by atoms with Crippen molar-refractivity contribution in [3.63, 3.8) is 0 Å². The maximum Gasteiger partial charge on any atom is 0.357 e. The van der Waals surface area contributed by atoms with Crippen molar-refractivity contribution in [3.8, 4) is 5.95 Å². The standard InChI is InChI=1S/C9H8N4O5/c1-3-2-4(14)13(12-3)9-10-5(7(15)16)6(11-9)8(17)18/h2,12H,1H3,(H,10,11)(H,15,16)(H,17,18). The molecule has 94 valence electrons. The third-order valence-electron chi connectivity index (χ3n) is 2.17. The number of carboxylic acids is 2. The second kappa shape index (κ2) is 3.87. The van der Waals surface area contributed by atoms with E-state index in [1.54, 1.807) is 6.92 Å². The smallest absolute Gasteiger partial charge is 0.357 e. The van der Waals surface area contributed by atoms with Crippen LogP contribution in [0.1, 0.15) is 26.7 Å². The Kier molecular flexibility index (Phi) is 2.51. The van der Waals surface area contributed by atoms with Gasteiger partial charge in [-0.05, 0) is 6.92 Å². The molecule has 0 atom stereocenters. The first-order chi connectivity index (χ1) is 8.40. The lowest BCUT2D eigenvalue weighted by atomic mass is 10.3. The Morgan fingerprint density at radius 2 is 2.00 bits per heavy atom. The summed E-state index contributed by atoms with van der Waals surface area (Å²) < 4.78 is 0.925. The van der Waals surface area contributed by atoms with Gasteiger partial charge in [0.05, 0.1) is 0 Å². The lowest BCUT2D eigenvalue weighted by molar-refractivity contribution is 0.0644. The zero-order valence-electron chi connectivity index (χ0n) is 9.09. The number of aryl methyl sites for hydroxylation is 1. The average Bonchev–Trinajstić information content (AvgIpc) is 2.81. The number of nitrogens with one attached hydrogen (secondary N) is 2. The first kappa shape index (κ1) is 11.6. The highest BCUT2D eigenvalue weighted by atomic mass is 16.4. The molecule has 2 heterocycles. The molecule has 4 N–H and O–H groups in total. The van der Waals surface area contributed by atoms with Crippen LogP contribution in [0.4, 0.5) is 0 Å². The van der Waals surface area contributed by atoms with E-state index in [1.807, 2.05) is 0 Å². The molecular weight excluding hydrogens is 244 g/mol. The summed E-state index contributed by atoms with van der Waals surface area (Å²) in [6, 6.07) is 1.27. The molecule has 0 spiro atoms. The van der Waals surface area contributed by atoms with E-state index in [0.717, 1.165) is 4.68 Å². The van der Waals surface area contributed by atoms with E-state index in [1.165, 1.54) is 6.07 Å². The zero-order valence-corrected chi connectivity index (χ0v) is 9.09. The molecule has 18 heavy (non-hydrogen) atoms. The Labute approximate surface area is 98.7 Å². The zero-order chi connectivity index (χ0) is 13.4. The Bertz CT molecular complexity index is 661. The molecule has 9 nitrogen and oxygen atoms in total. The molecule has 2 rings (SSSR count). The highest BCUT2D eigenvalue weighted by Crippen LogP contribution is 2.08. The summed E-state index contributed by atoms with van der Waals surface area (Å²) in [7, 11) is 0. The average molecular weight is 252 g/mol. The lowest BCUT2D eigenvalue weighted by Gasteiger charge is -1.94. The minimum Gasteiger partial charge on any atom is -0.477 e. The Morgan fingerprint density at radius 1 is 1.33 bits per heavy atom. The molecule has 0 saturated carbocycles. The number of imidazole rings is 1. The summed E-state index contributed by atoms with van der Waals surface area (Å²) in [5, 5.41) is 20.2. The van der Waals surface area contributed by atoms with Crippen LogP contribution in [0.2, 0.25) is 0 Å². The summed E-state index contributed by atoms with van der Waals surface area (Å²) >= 11 is 0. The SMILES string of the molecule is Cc1cc(=O)n(-c2nc(C(=O)O)c(C(=O)O)[nH]2)[nH]1. The number of aromatic carboxylic acids is 2. The van der Waals surface area contributed by atoms with Crippen LogP contribution in [-0.4, -0.2) is 41.9 Å². The minimum atomic E-state index is -1.49. The van der Waals surface area contributed by atoms with Crippen molar-refractivity contribution in [3.05, 3.63) is 33.5 Å². The fourth-order valence-electron chi connectivity index (χ4n) is 1.45. The number of rotatable bonds is 3. The fraction of sp³-hybridized carbons (Fsp3) is 0.111. The van der Waals surface area contributed by atoms with E-state index in [-0.39, 0.29) is 5.95 Å². The van der Waals surface area contributed by atoms with Crippen molar-refractivity contribution in [2.45, 2.75) is 6.92 Å². The predicted octanol–water partition coefficient (Wildman–Crippen LogP) is -0.406. The Balaban J connectivity index is 2.64. The maximum atomic E-state index is 11.5. The van der Waals surface area contributed by atoms with Crippen molar-refractivity contribution < 1.29 is 19.8 Å². The molecule has 0 saturated heterocycles. The first-order valence-electron chi connectivity index (χ1n) is 4.75. The van der Waals surface area contributed by atoms with Gasteiger partial charge in [-0.3, -0.25) is 9.89 Å². The Hall–Kier alpha value is -2.84. The molecule has 0 fully saturated rings. The van der Waals surface area contributed by atoms with Crippen molar-refractivity contribution in [1.82, 2.24) is 19.7 Å². The van der Waals surface area contributed by atoms with Crippen LogP contribution in [0.5, 0.6) is 0 Å². The molecule has 0 radical (unpaired) electrons. The van der Waals surface area contributed by atoms with Gasteiger partial charge in [-0.2, -0.15) is 4.68 Å². The molecule has 0 aromatic carbocycles. The van der Waals surface area contributed by atoms with E-state index in [9.17, 15) is 14.4 Å². The van der Waals surface area contributed by atoms with E-state index >= 15 is 0 Å². The number of aromatic nitrogens is 4. The molecule has 0 aliphatic heterocycles. The number of aromatic amines is 2. The van der Waals surface area contributed by atoms with Crippen molar-refractivity contribution in [2.24, 2.45) is 0 Å². The summed E-state index contributed by atoms with van der Waals surface area (Å²) in [4.78, 5) is 39.0. The minimum absolute atomic E-state index is 0.192. The van der Waals surface area contributed by atoms with Crippen LogP contribution in [0.3, 0.4) is 0 Å². The first-order valence-corrected chi connectivity index (χ1v) is 4.75. The second-order valence-corrected chi connectivity index (χ2v) is 3.51. The molecule has 2 aromatic rings. The molecule has 0 unspecified atom stereocenters. The van der Waals surface area contributed by atoms with Crippen LogP contribution < -0.4 is 5.56 Å². The van der Waals surface area contributed by atoms with Crippen LogP contribution in [0.15, 0.2) is 10.9 Å². The number of hydrogen-bond donors (Lipinski definition) is 4. The van der Waals surface area contributed by atoms with E-state index in [0.29, 0.717) is 5.69 Å². The van der Waals surface area contributed by atoms with Gasteiger partial charge in [-0.15, -0.1) is 0 Å². The van der Waals surface area contributed by atoms with Crippen LogP contribution in [0.25, 0.3) is 5.95 Å². The number of nitrogens with zero attached hydrogens (tertiary/aromatic N) is 2. The van der Waals surface area contributed by atoms with E-state index < -0.39 is 28.9 Å². The fourth-order valence-corrected chi connectivity index (χ4v) is 1.45. The van der Waals surface area contributed by atoms with Crippen molar-refractivity contribution in [1.29, 1.82) is 0 Å². The van der Waals surface area contributed by atoms with E-state index in [2.05, 4.69) is 15.1 Å². The van der Waals surface area contributed by atoms with Gasteiger partial charge >= 0.3 is 11.9 Å². The topological polar surface area (TPSA) is 141 Å². The van der Waals surface area contributed by atoms with Crippen LogP contribution >= 0.6 is 0 Å². The highest BCUT2D eigenvalue weighted by molar-refractivity contribution is 5.99. The van der Waals surface area contributed by atoms with E-state index in [4.69, 9.17) is 10.2 Å². The van der Waals surface area contributed by atoms with Gasteiger partial charge in [0, 0.05) is 11.8 Å². The largest absolute Gasteiger partial charge is 0.477 e. The third kappa shape index (κ3) is 1.77. The number of carbonyl (C=O) groups is 2. The predicted molar refractivity (Wildman–Crippen MR) is 57.2 cm³/mol. The summed E-state index contributed by atoms with van der Waals surface area (Å²) in [6.07, 6.45) is 0. The van der Waals surface area contributed by atoms with Crippen molar-refractivity contribution >= 4 is 11.9 Å². The quantitative estimate of drug-likeness (QED) is 0.585. The third-order valence-corrected chi connectivity index (χ3v) is 2.17. The van der Waals surface area contributed by atoms with Gasteiger partial charge in [0.2, 0.25) is 5.95 Å². The normalized spacial score (nSPS) is 10.5. The highest BCUT2D eigenvalue weighted by Gasteiger charge is 2.23. The monoisotopic (exact) mass is 252 g/mol. The van der Waals surface area contributed by atoms with Crippen LogP contribution in [0, 0.1) is 6.92 Å². The summed E-state index contributed by atoms with van der Waals surface area (Å²) in [5.41, 5.74) is -1.19. The number of hydrogen-bond acceptors (Lipinski definition) is 4. The molecular formula is C9H8N4O5. The lowest BCUT2D eigenvalue weighted by Crippen LogP contribution is -2.15. The number of carboxylic acid groups (broad SMARTS) is 2.